The Kier molecular flexibility index (Phi) is 4.66. The van der Waals surface area contributed by atoms with Gasteiger partial charge in [0.1, 0.15) is 6.10 Å². The van der Waals surface area contributed by atoms with Crippen molar-refractivity contribution in [1.29, 1.82) is 0 Å². The Balaban J connectivity index is 1.58. The summed E-state index contributed by atoms with van der Waals surface area (Å²) in [6.45, 7) is 3.70. The van der Waals surface area contributed by atoms with Gasteiger partial charge in [0.2, 0.25) is 5.91 Å². The van der Waals surface area contributed by atoms with Crippen LogP contribution in [0.5, 0.6) is 0 Å². The van der Waals surface area contributed by atoms with E-state index in [0.29, 0.717) is 32.5 Å². The number of ether oxygens (including phenoxy) is 1. The highest BCUT2D eigenvalue weighted by molar-refractivity contribution is 5.76. The normalized spacial score (nSPS) is 18.2. The van der Waals surface area contributed by atoms with Crippen molar-refractivity contribution in [2.45, 2.75) is 25.9 Å². The summed E-state index contributed by atoms with van der Waals surface area (Å²) in [7, 11) is 1.91. The quantitative estimate of drug-likeness (QED) is 0.843. The molecule has 23 heavy (non-hydrogen) atoms. The molecule has 1 amide bonds. The highest BCUT2D eigenvalue weighted by Crippen LogP contribution is 2.20. The maximum atomic E-state index is 12.5. The molecule has 122 valence electrons. The van der Waals surface area contributed by atoms with E-state index in [0.717, 1.165) is 17.0 Å². The number of hydrogen-bond donors (Lipinski definition) is 0. The molecule has 0 radical (unpaired) electrons. The van der Waals surface area contributed by atoms with Gasteiger partial charge in [-0.1, -0.05) is 0 Å². The van der Waals surface area contributed by atoms with Gasteiger partial charge < -0.3 is 9.64 Å². The molecule has 7 nitrogen and oxygen atoms in total. The first-order chi connectivity index (χ1) is 11.1. The molecule has 2 aromatic heterocycles. The zero-order valence-electron chi connectivity index (χ0n) is 13.5. The summed E-state index contributed by atoms with van der Waals surface area (Å²) in [4.78, 5) is 22.7. The summed E-state index contributed by atoms with van der Waals surface area (Å²) < 4.78 is 7.55. The number of morpholine rings is 1. The Morgan fingerprint density at radius 1 is 1.39 bits per heavy atom. The minimum atomic E-state index is -0.193. The van der Waals surface area contributed by atoms with Gasteiger partial charge in [-0.15, -0.1) is 0 Å². The van der Waals surface area contributed by atoms with Crippen molar-refractivity contribution < 1.29 is 9.53 Å². The van der Waals surface area contributed by atoms with Crippen molar-refractivity contribution in [3.05, 3.63) is 41.7 Å². The average molecular weight is 315 g/mol. The predicted octanol–water partition coefficient (Wildman–Crippen LogP) is 1.05. The van der Waals surface area contributed by atoms with Crippen LogP contribution >= 0.6 is 0 Å². The van der Waals surface area contributed by atoms with Crippen molar-refractivity contribution in [3.63, 3.8) is 0 Å². The lowest BCUT2D eigenvalue weighted by Gasteiger charge is -2.32. The van der Waals surface area contributed by atoms with Crippen LogP contribution in [0.1, 0.15) is 29.5 Å². The van der Waals surface area contributed by atoms with Crippen LogP contribution in [-0.4, -0.2) is 50.3 Å². The third-order valence-electron chi connectivity index (χ3n) is 4.28. The van der Waals surface area contributed by atoms with Crippen LogP contribution in [0.3, 0.4) is 0 Å². The van der Waals surface area contributed by atoms with E-state index in [1.165, 1.54) is 0 Å². The first kappa shape index (κ1) is 15.6. The second kappa shape index (κ2) is 6.87. The highest BCUT2D eigenvalue weighted by Gasteiger charge is 2.26. The Labute approximate surface area is 135 Å². The van der Waals surface area contributed by atoms with E-state index in [4.69, 9.17) is 4.74 Å². The minimum absolute atomic E-state index is 0.144. The lowest BCUT2D eigenvalue weighted by Crippen LogP contribution is -2.42. The van der Waals surface area contributed by atoms with Gasteiger partial charge in [0, 0.05) is 38.1 Å². The van der Waals surface area contributed by atoms with Gasteiger partial charge in [0.15, 0.2) is 0 Å². The molecule has 0 unspecified atom stereocenters. The second-order valence-electron chi connectivity index (χ2n) is 5.71. The maximum Gasteiger partial charge on any atom is 0.223 e. The molecule has 1 aliphatic heterocycles. The summed E-state index contributed by atoms with van der Waals surface area (Å²) >= 11 is 0. The van der Waals surface area contributed by atoms with Crippen LogP contribution in [0.15, 0.2) is 24.8 Å². The molecule has 0 spiro atoms. The number of aromatic nitrogens is 4. The third-order valence-corrected chi connectivity index (χ3v) is 4.28. The van der Waals surface area contributed by atoms with E-state index < -0.39 is 0 Å². The van der Waals surface area contributed by atoms with Crippen molar-refractivity contribution in [2.75, 3.05) is 19.7 Å². The maximum absolute atomic E-state index is 12.5. The van der Waals surface area contributed by atoms with Crippen LogP contribution in [0.25, 0.3) is 0 Å². The molecular formula is C16H21N5O2. The van der Waals surface area contributed by atoms with Gasteiger partial charge in [-0.2, -0.15) is 5.10 Å². The Morgan fingerprint density at radius 3 is 2.96 bits per heavy atom. The largest absolute Gasteiger partial charge is 0.368 e. The van der Waals surface area contributed by atoms with E-state index in [9.17, 15) is 4.79 Å². The van der Waals surface area contributed by atoms with E-state index in [-0.39, 0.29) is 12.0 Å². The average Bonchev–Trinajstić information content (AvgIpc) is 2.92. The molecule has 3 heterocycles. The zero-order valence-corrected chi connectivity index (χ0v) is 13.5. The zero-order chi connectivity index (χ0) is 16.2. The molecule has 0 aliphatic carbocycles. The van der Waals surface area contributed by atoms with Crippen molar-refractivity contribution in [3.8, 4) is 0 Å². The number of rotatable bonds is 4. The smallest absolute Gasteiger partial charge is 0.223 e. The van der Waals surface area contributed by atoms with Crippen molar-refractivity contribution in [1.82, 2.24) is 24.6 Å². The lowest BCUT2D eigenvalue weighted by molar-refractivity contribution is -0.139. The van der Waals surface area contributed by atoms with Crippen LogP contribution in [0, 0.1) is 6.92 Å². The second-order valence-corrected chi connectivity index (χ2v) is 5.71. The number of aryl methyl sites for hydroxylation is 2. The fraction of sp³-hybridized carbons (Fsp3) is 0.500. The molecule has 1 atom stereocenters. The van der Waals surface area contributed by atoms with Gasteiger partial charge in [-0.3, -0.25) is 19.4 Å². The minimum Gasteiger partial charge on any atom is -0.368 e. The molecule has 1 aliphatic rings. The van der Waals surface area contributed by atoms with Crippen LogP contribution in [0.2, 0.25) is 0 Å². The first-order valence-corrected chi connectivity index (χ1v) is 7.78. The molecule has 2 aromatic rings. The molecule has 0 aromatic carbocycles. The third kappa shape index (κ3) is 3.56. The van der Waals surface area contributed by atoms with Gasteiger partial charge >= 0.3 is 0 Å². The molecular weight excluding hydrogens is 294 g/mol. The number of nitrogens with zero attached hydrogens (tertiary/aromatic N) is 5. The van der Waals surface area contributed by atoms with Gasteiger partial charge in [-0.05, 0) is 18.9 Å². The van der Waals surface area contributed by atoms with E-state index >= 15 is 0 Å². The molecule has 0 N–H and O–H groups in total. The van der Waals surface area contributed by atoms with Crippen molar-refractivity contribution >= 4 is 5.91 Å². The number of hydrogen-bond acceptors (Lipinski definition) is 5. The number of carbonyl (C=O) groups is 1. The fourth-order valence-electron chi connectivity index (χ4n) is 2.72. The highest BCUT2D eigenvalue weighted by atomic mass is 16.5. The Bertz CT molecular complexity index is 670. The molecule has 1 saturated heterocycles. The van der Waals surface area contributed by atoms with Crippen LogP contribution in [-0.2, 0) is 23.0 Å². The lowest BCUT2D eigenvalue weighted by atomic mass is 10.1. The van der Waals surface area contributed by atoms with Gasteiger partial charge in [0.25, 0.3) is 0 Å². The Hall–Kier alpha value is -2.28. The summed E-state index contributed by atoms with van der Waals surface area (Å²) in [5.41, 5.74) is 3.00. The van der Waals surface area contributed by atoms with Crippen LogP contribution in [0.4, 0.5) is 0 Å². The summed E-state index contributed by atoms with van der Waals surface area (Å²) in [6, 6.07) is 0. The SMILES string of the molecule is Cc1c(CCC(=O)N2CCO[C@@H](c3cnccn3)C2)cnn1C. The predicted molar refractivity (Wildman–Crippen MR) is 83.6 cm³/mol. The molecule has 7 heteroatoms. The summed E-state index contributed by atoms with van der Waals surface area (Å²) in [5.74, 6) is 0.144. The van der Waals surface area contributed by atoms with E-state index in [1.54, 1.807) is 18.6 Å². The number of amides is 1. The van der Waals surface area contributed by atoms with Gasteiger partial charge in [-0.25, -0.2) is 0 Å². The van der Waals surface area contributed by atoms with Gasteiger partial charge in [0.05, 0.1) is 31.2 Å². The topological polar surface area (TPSA) is 73.1 Å². The summed E-state index contributed by atoms with van der Waals surface area (Å²) in [6.07, 6.45) is 7.81. The number of carbonyl (C=O) groups excluding carboxylic acids is 1. The van der Waals surface area contributed by atoms with E-state index in [1.807, 2.05) is 29.7 Å². The molecule has 0 bridgehead atoms. The van der Waals surface area contributed by atoms with Crippen molar-refractivity contribution in [2.24, 2.45) is 7.05 Å². The molecule has 3 rings (SSSR count). The summed E-state index contributed by atoms with van der Waals surface area (Å²) in [5, 5.41) is 4.21. The van der Waals surface area contributed by atoms with E-state index in [2.05, 4.69) is 15.1 Å². The monoisotopic (exact) mass is 315 g/mol. The first-order valence-electron chi connectivity index (χ1n) is 7.78. The fourth-order valence-corrected chi connectivity index (χ4v) is 2.72. The molecule has 1 fully saturated rings. The standard InChI is InChI=1S/C16H21N5O2/c1-12-13(9-19-20(12)2)3-4-16(22)21-7-8-23-15(11-21)14-10-17-5-6-18-14/h5-6,9-10,15H,3-4,7-8,11H2,1-2H3/t15-/m1/s1. The van der Waals surface area contributed by atoms with Crippen LogP contribution < -0.4 is 0 Å². The molecule has 0 saturated carbocycles. The Morgan fingerprint density at radius 2 is 2.26 bits per heavy atom.